The minimum atomic E-state index is -4.01. The van der Waals surface area contributed by atoms with Gasteiger partial charge in [-0.1, -0.05) is 0 Å². The van der Waals surface area contributed by atoms with Crippen LogP contribution in [-0.4, -0.2) is 40.2 Å². The molecule has 1 amide bonds. The molecule has 0 radical (unpaired) electrons. The smallest absolute Gasteiger partial charge is 0.387 e. The molecule has 1 atom stereocenters. The Morgan fingerprint density at radius 1 is 1.07 bits per heavy atom. The van der Waals surface area contributed by atoms with Crippen molar-refractivity contribution in [3.8, 4) is 17.2 Å². The number of hydrogen-bond acceptors (Lipinski definition) is 6. The van der Waals surface area contributed by atoms with Crippen LogP contribution in [-0.2, 0) is 14.8 Å². The molecule has 30 heavy (non-hydrogen) atoms. The van der Waals surface area contributed by atoms with Crippen molar-refractivity contribution in [3.63, 3.8) is 0 Å². The second-order valence-corrected chi connectivity index (χ2v) is 8.11. The first-order valence-corrected chi connectivity index (χ1v) is 10.5. The normalized spacial score (nSPS) is 14.7. The van der Waals surface area contributed by atoms with Crippen LogP contribution in [0.25, 0.3) is 0 Å². The molecule has 0 unspecified atom stereocenters. The van der Waals surface area contributed by atoms with Gasteiger partial charge in [-0.2, -0.15) is 13.5 Å². The molecular formula is C19H20F2N2O6S. The maximum atomic E-state index is 12.6. The van der Waals surface area contributed by atoms with E-state index in [1.807, 2.05) is 0 Å². The monoisotopic (exact) mass is 442 g/mol. The van der Waals surface area contributed by atoms with Gasteiger partial charge >= 0.3 is 6.61 Å². The quantitative estimate of drug-likeness (QED) is 0.684. The summed E-state index contributed by atoms with van der Waals surface area (Å²) in [5, 5.41) is 2.50. The molecule has 2 aromatic rings. The van der Waals surface area contributed by atoms with Crippen LogP contribution in [0.2, 0.25) is 0 Å². The summed E-state index contributed by atoms with van der Waals surface area (Å²) in [5.74, 6) is 0.0803. The highest BCUT2D eigenvalue weighted by molar-refractivity contribution is 7.89. The zero-order valence-corrected chi connectivity index (χ0v) is 16.7. The van der Waals surface area contributed by atoms with Gasteiger partial charge < -0.3 is 19.5 Å². The van der Waals surface area contributed by atoms with E-state index < -0.39 is 28.6 Å². The van der Waals surface area contributed by atoms with Crippen LogP contribution in [0.1, 0.15) is 13.3 Å². The van der Waals surface area contributed by atoms with Gasteiger partial charge in [0.1, 0.15) is 5.75 Å². The van der Waals surface area contributed by atoms with Gasteiger partial charge in [-0.05, 0) is 43.3 Å². The molecule has 1 aliphatic heterocycles. The zero-order valence-electron chi connectivity index (χ0n) is 15.9. The lowest BCUT2D eigenvalue weighted by Gasteiger charge is -2.16. The van der Waals surface area contributed by atoms with E-state index in [0.717, 1.165) is 0 Å². The molecular weight excluding hydrogens is 422 g/mol. The topological polar surface area (TPSA) is 103 Å². The molecule has 1 heterocycles. The maximum absolute atomic E-state index is 12.6. The number of fused-ring (bicyclic) bond motifs is 1. The second-order valence-electron chi connectivity index (χ2n) is 6.39. The third-order valence-electron chi connectivity index (χ3n) is 4.10. The number of sulfonamides is 1. The van der Waals surface area contributed by atoms with E-state index in [4.69, 9.17) is 9.47 Å². The van der Waals surface area contributed by atoms with E-state index in [0.29, 0.717) is 36.8 Å². The van der Waals surface area contributed by atoms with Crippen LogP contribution in [0.15, 0.2) is 47.4 Å². The highest BCUT2D eigenvalue weighted by Gasteiger charge is 2.24. The first-order valence-electron chi connectivity index (χ1n) is 9.02. The summed E-state index contributed by atoms with van der Waals surface area (Å²) in [7, 11) is -4.01. The van der Waals surface area contributed by atoms with E-state index in [-0.39, 0.29) is 10.6 Å². The predicted molar refractivity (Wildman–Crippen MR) is 104 cm³/mol. The van der Waals surface area contributed by atoms with Crippen molar-refractivity contribution in [3.05, 3.63) is 42.5 Å². The Morgan fingerprint density at radius 2 is 1.73 bits per heavy atom. The molecule has 0 aliphatic carbocycles. The number of carbonyl (C=O) groups is 1. The van der Waals surface area contributed by atoms with Crippen LogP contribution in [0, 0.1) is 0 Å². The fraction of sp³-hybridized carbons (Fsp3) is 0.316. The maximum Gasteiger partial charge on any atom is 0.387 e. The van der Waals surface area contributed by atoms with Crippen molar-refractivity contribution in [2.24, 2.45) is 0 Å². The van der Waals surface area contributed by atoms with Gasteiger partial charge in [0.05, 0.1) is 24.2 Å². The summed E-state index contributed by atoms with van der Waals surface area (Å²) in [4.78, 5) is 12.3. The van der Waals surface area contributed by atoms with Crippen molar-refractivity contribution in [2.45, 2.75) is 30.9 Å². The molecule has 3 rings (SSSR count). The van der Waals surface area contributed by atoms with Gasteiger partial charge in [-0.3, -0.25) is 4.79 Å². The first kappa shape index (κ1) is 21.8. The summed E-state index contributed by atoms with van der Waals surface area (Å²) < 4.78 is 67.1. The average molecular weight is 442 g/mol. The molecule has 0 saturated carbocycles. The molecule has 0 spiro atoms. The first-order chi connectivity index (χ1) is 14.2. The van der Waals surface area contributed by atoms with Crippen LogP contribution < -0.4 is 24.2 Å². The van der Waals surface area contributed by atoms with E-state index >= 15 is 0 Å². The summed E-state index contributed by atoms with van der Waals surface area (Å²) in [6.45, 7) is -0.692. The largest absolute Gasteiger partial charge is 0.490 e. The highest BCUT2D eigenvalue weighted by atomic mass is 32.2. The van der Waals surface area contributed by atoms with Gasteiger partial charge in [0.25, 0.3) is 0 Å². The third kappa shape index (κ3) is 5.57. The molecule has 2 aromatic carbocycles. The fourth-order valence-corrected chi connectivity index (χ4v) is 3.85. The number of nitrogens with one attached hydrogen (secondary N) is 2. The Morgan fingerprint density at radius 3 is 2.40 bits per heavy atom. The van der Waals surface area contributed by atoms with Crippen molar-refractivity contribution in [1.29, 1.82) is 0 Å². The summed E-state index contributed by atoms with van der Waals surface area (Å²) in [5.41, 5.74) is 0.295. The van der Waals surface area contributed by atoms with Crippen LogP contribution >= 0.6 is 0 Å². The number of alkyl halides is 2. The fourth-order valence-electron chi connectivity index (χ4n) is 2.64. The van der Waals surface area contributed by atoms with Gasteiger partial charge in [-0.15, -0.1) is 0 Å². The molecule has 162 valence electrons. The molecule has 0 saturated heterocycles. The number of ether oxygens (including phenoxy) is 3. The van der Waals surface area contributed by atoms with Crippen molar-refractivity contribution < 1.29 is 36.2 Å². The van der Waals surface area contributed by atoms with Crippen LogP contribution in [0.4, 0.5) is 14.5 Å². The number of halogens is 2. The summed E-state index contributed by atoms with van der Waals surface area (Å²) >= 11 is 0. The van der Waals surface area contributed by atoms with Crippen LogP contribution in [0.5, 0.6) is 17.2 Å². The van der Waals surface area contributed by atoms with Crippen molar-refractivity contribution in [1.82, 2.24) is 4.72 Å². The number of carbonyl (C=O) groups excluding carboxylic acids is 1. The molecule has 0 fully saturated rings. The standard InChI is InChI=1S/C19H20F2N2O6S/c1-12(18(24)22-13-3-5-14(6-4-13)29-19(20)21)23-30(25,26)15-7-8-16-17(11-15)28-10-2-9-27-16/h3-8,11-12,19,23H,2,9-10H2,1H3,(H,22,24)/t12-/m1/s1. The Kier molecular flexibility index (Phi) is 6.73. The van der Waals surface area contributed by atoms with E-state index in [1.165, 1.54) is 49.4 Å². The molecule has 8 nitrogen and oxygen atoms in total. The number of amides is 1. The van der Waals surface area contributed by atoms with Crippen molar-refractivity contribution in [2.75, 3.05) is 18.5 Å². The minimum Gasteiger partial charge on any atom is -0.490 e. The molecule has 11 heteroatoms. The van der Waals surface area contributed by atoms with Gasteiger partial charge in [0.2, 0.25) is 15.9 Å². The highest BCUT2D eigenvalue weighted by Crippen LogP contribution is 2.32. The third-order valence-corrected chi connectivity index (χ3v) is 5.64. The van der Waals surface area contributed by atoms with Crippen LogP contribution in [0.3, 0.4) is 0 Å². The number of rotatable bonds is 7. The van der Waals surface area contributed by atoms with E-state index in [2.05, 4.69) is 14.8 Å². The van der Waals surface area contributed by atoms with Gasteiger partial charge in [-0.25, -0.2) is 8.42 Å². The summed E-state index contributed by atoms with van der Waals surface area (Å²) in [6.07, 6.45) is 0.682. The lowest BCUT2D eigenvalue weighted by Crippen LogP contribution is -2.41. The van der Waals surface area contributed by atoms with Gasteiger partial charge in [0.15, 0.2) is 11.5 Å². The lowest BCUT2D eigenvalue weighted by molar-refractivity contribution is -0.117. The minimum absolute atomic E-state index is 0.0637. The summed E-state index contributed by atoms with van der Waals surface area (Å²) in [6, 6.07) is 8.34. The van der Waals surface area contributed by atoms with Crippen molar-refractivity contribution >= 4 is 21.6 Å². The Balaban J connectivity index is 1.64. The Bertz CT molecular complexity index is 999. The molecule has 1 aliphatic rings. The Labute approximate surface area is 172 Å². The van der Waals surface area contributed by atoms with E-state index in [1.54, 1.807) is 0 Å². The number of hydrogen-bond donors (Lipinski definition) is 2. The molecule has 2 N–H and O–H groups in total. The number of benzene rings is 2. The molecule has 0 aromatic heterocycles. The SMILES string of the molecule is C[C@@H](NS(=O)(=O)c1ccc2c(c1)OCCCO2)C(=O)Nc1ccc(OC(F)F)cc1. The zero-order chi connectivity index (χ0) is 21.7. The Hall–Kier alpha value is -2.92. The van der Waals surface area contributed by atoms with Gasteiger partial charge in [0, 0.05) is 18.2 Å². The average Bonchev–Trinajstić information content (AvgIpc) is 2.93. The van der Waals surface area contributed by atoms with E-state index in [9.17, 15) is 22.0 Å². The second kappa shape index (κ2) is 9.26. The molecule has 0 bridgehead atoms. The lowest BCUT2D eigenvalue weighted by atomic mass is 10.2. The number of anilines is 1. The predicted octanol–water partition coefficient (Wildman–Crippen LogP) is 2.75.